The molecule has 0 bridgehead atoms. The van der Waals surface area contributed by atoms with Crippen molar-refractivity contribution in [3.63, 3.8) is 0 Å². The molecule has 3 N–H and O–H groups in total. The van der Waals surface area contributed by atoms with Crippen molar-refractivity contribution < 1.29 is 4.79 Å². The fraction of sp³-hybridized carbons (Fsp3) is 0.909. The maximum absolute atomic E-state index is 11.5. The van der Waals surface area contributed by atoms with E-state index in [1.54, 1.807) is 11.8 Å². The van der Waals surface area contributed by atoms with Crippen LogP contribution in [0.1, 0.15) is 26.7 Å². The summed E-state index contributed by atoms with van der Waals surface area (Å²) in [5.41, 5.74) is 5.64. The lowest BCUT2D eigenvalue weighted by atomic mass is 9.94. The van der Waals surface area contributed by atoms with Crippen LogP contribution < -0.4 is 11.1 Å². The number of carbonyl (C=O) groups excluding carboxylic acids is 1. The van der Waals surface area contributed by atoms with E-state index in [-0.39, 0.29) is 5.91 Å². The number of hydrogen-bond acceptors (Lipinski definition) is 3. The zero-order chi connectivity index (χ0) is 11.7. The van der Waals surface area contributed by atoms with Crippen molar-refractivity contribution in [1.82, 2.24) is 5.32 Å². The van der Waals surface area contributed by atoms with E-state index in [0.717, 1.165) is 18.7 Å². The number of amides is 1. The highest BCUT2D eigenvalue weighted by Gasteiger charge is 2.13. The van der Waals surface area contributed by atoms with Crippen molar-refractivity contribution in [1.29, 1.82) is 0 Å². The Labute approximate surface area is 97.6 Å². The van der Waals surface area contributed by atoms with Crippen LogP contribution in [0.5, 0.6) is 0 Å². The molecule has 3 nitrogen and oxygen atoms in total. The van der Waals surface area contributed by atoms with Gasteiger partial charge in [0, 0.05) is 18.7 Å². The quantitative estimate of drug-likeness (QED) is 0.623. The Hall–Kier alpha value is -0.220. The van der Waals surface area contributed by atoms with Crippen molar-refractivity contribution in [2.75, 3.05) is 25.1 Å². The molecule has 0 radical (unpaired) electrons. The summed E-state index contributed by atoms with van der Waals surface area (Å²) in [4.78, 5) is 11.5. The summed E-state index contributed by atoms with van der Waals surface area (Å²) in [7, 11) is 0. The Kier molecular flexibility index (Phi) is 8.91. The molecule has 0 rings (SSSR count). The zero-order valence-corrected chi connectivity index (χ0v) is 10.9. The fourth-order valence-electron chi connectivity index (χ4n) is 1.56. The summed E-state index contributed by atoms with van der Waals surface area (Å²) in [6.45, 7) is 5.69. The van der Waals surface area contributed by atoms with E-state index in [0.29, 0.717) is 24.8 Å². The van der Waals surface area contributed by atoms with E-state index < -0.39 is 0 Å². The van der Waals surface area contributed by atoms with Crippen LogP contribution in [-0.2, 0) is 4.79 Å². The summed E-state index contributed by atoms with van der Waals surface area (Å²) >= 11 is 1.74. The molecule has 0 saturated carbocycles. The van der Waals surface area contributed by atoms with Crippen LogP contribution >= 0.6 is 11.8 Å². The van der Waals surface area contributed by atoms with Gasteiger partial charge in [-0.15, -0.1) is 0 Å². The first-order valence-corrected chi connectivity index (χ1v) is 6.95. The third-order valence-electron chi connectivity index (χ3n) is 2.24. The highest BCUT2D eigenvalue weighted by atomic mass is 32.2. The Morgan fingerprint density at radius 3 is 2.60 bits per heavy atom. The van der Waals surface area contributed by atoms with Crippen molar-refractivity contribution in [3.05, 3.63) is 0 Å². The summed E-state index contributed by atoms with van der Waals surface area (Å²) < 4.78 is 0. The molecular weight excluding hydrogens is 208 g/mol. The van der Waals surface area contributed by atoms with Crippen LogP contribution in [0.2, 0.25) is 0 Å². The number of thioether (sulfide) groups is 1. The zero-order valence-electron chi connectivity index (χ0n) is 10.1. The molecule has 0 saturated heterocycles. The van der Waals surface area contributed by atoms with Crippen molar-refractivity contribution in [3.8, 4) is 0 Å². The van der Waals surface area contributed by atoms with Gasteiger partial charge in [0.05, 0.1) is 0 Å². The first-order chi connectivity index (χ1) is 7.10. The minimum absolute atomic E-state index is 0.139. The molecule has 90 valence electrons. The standard InChI is InChI=1S/C11H24N2OS/c1-9(2)6-10(8-12)7-11(14)13-4-5-15-3/h9-10H,4-8,12H2,1-3H3,(H,13,14). The third-order valence-corrected chi connectivity index (χ3v) is 2.85. The van der Waals surface area contributed by atoms with E-state index >= 15 is 0 Å². The molecule has 1 unspecified atom stereocenters. The number of rotatable bonds is 8. The maximum Gasteiger partial charge on any atom is 0.220 e. The Morgan fingerprint density at radius 1 is 1.47 bits per heavy atom. The van der Waals surface area contributed by atoms with Crippen molar-refractivity contribution in [2.24, 2.45) is 17.6 Å². The lowest BCUT2D eigenvalue weighted by Gasteiger charge is -2.16. The lowest BCUT2D eigenvalue weighted by Crippen LogP contribution is -2.30. The van der Waals surface area contributed by atoms with Gasteiger partial charge in [-0.05, 0) is 31.1 Å². The molecule has 0 heterocycles. The van der Waals surface area contributed by atoms with E-state index in [1.807, 2.05) is 6.26 Å². The topological polar surface area (TPSA) is 55.1 Å². The molecule has 1 atom stereocenters. The molecule has 0 aromatic rings. The van der Waals surface area contributed by atoms with E-state index in [2.05, 4.69) is 19.2 Å². The molecule has 15 heavy (non-hydrogen) atoms. The van der Waals surface area contributed by atoms with Gasteiger partial charge in [-0.3, -0.25) is 4.79 Å². The van der Waals surface area contributed by atoms with E-state index in [1.165, 1.54) is 0 Å². The molecule has 0 aliphatic carbocycles. The summed E-state index contributed by atoms with van der Waals surface area (Å²) in [6.07, 6.45) is 3.64. The number of nitrogens with two attached hydrogens (primary N) is 1. The van der Waals surface area contributed by atoms with Crippen LogP contribution in [0.25, 0.3) is 0 Å². The Bertz CT molecular complexity index is 174. The SMILES string of the molecule is CSCCNC(=O)CC(CN)CC(C)C. The maximum atomic E-state index is 11.5. The predicted molar refractivity (Wildman–Crippen MR) is 68.0 cm³/mol. The second-order valence-electron chi connectivity index (χ2n) is 4.28. The Morgan fingerprint density at radius 2 is 2.13 bits per heavy atom. The largest absolute Gasteiger partial charge is 0.355 e. The Balaban J connectivity index is 3.70. The average molecular weight is 232 g/mol. The van der Waals surface area contributed by atoms with Gasteiger partial charge < -0.3 is 11.1 Å². The first kappa shape index (κ1) is 14.8. The normalized spacial score (nSPS) is 12.9. The van der Waals surface area contributed by atoms with Crippen LogP contribution in [-0.4, -0.2) is 31.0 Å². The van der Waals surface area contributed by atoms with Gasteiger partial charge >= 0.3 is 0 Å². The fourth-order valence-corrected chi connectivity index (χ4v) is 1.86. The van der Waals surface area contributed by atoms with Crippen LogP contribution in [0.4, 0.5) is 0 Å². The molecule has 4 heteroatoms. The molecule has 0 aromatic carbocycles. The molecule has 1 amide bonds. The molecule has 0 aliphatic rings. The minimum atomic E-state index is 0.139. The smallest absolute Gasteiger partial charge is 0.220 e. The molecule has 0 aliphatic heterocycles. The molecule has 0 spiro atoms. The molecular formula is C11H24N2OS. The lowest BCUT2D eigenvalue weighted by molar-refractivity contribution is -0.121. The summed E-state index contributed by atoms with van der Waals surface area (Å²) in [6, 6.07) is 0. The summed E-state index contributed by atoms with van der Waals surface area (Å²) in [5.74, 6) is 2.06. The van der Waals surface area contributed by atoms with Gasteiger partial charge in [-0.2, -0.15) is 11.8 Å². The van der Waals surface area contributed by atoms with E-state index in [4.69, 9.17) is 5.73 Å². The van der Waals surface area contributed by atoms with Crippen LogP contribution in [0.15, 0.2) is 0 Å². The molecule has 0 fully saturated rings. The van der Waals surface area contributed by atoms with Gasteiger partial charge in [0.1, 0.15) is 0 Å². The highest BCUT2D eigenvalue weighted by Crippen LogP contribution is 2.13. The summed E-state index contributed by atoms with van der Waals surface area (Å²) in [5, 5.41) is 2.91. The number of carbonyl (C=O) groups is 1. The highest BCUT2D eigenvalue weighted by molar-refractivity contribution is 7.98. The third kappa shape index (κ3) is 8.75. The van der Waals surface area contributed by atoms with Crippen LogP contribution in [0, 0.1) is 11.8 Å². The van der Waals surface area contributed by atoms with E-state index in [9.17, 15) is 4.79 Å². The number of hydrogen-bond donors (Lipinski definition) is 2. The van der Waals surface area contributed by atoms with Gasteiger partial charge in [0.25, 0.3) is 0 Å². The van der Waals surface area contributed by atoms with Gasteiger partial charge in [-0.25, -0.2) is 0 Å². The van der Waals surface area contributed by atoms with Gasteiger partial charge in [-0.1, -0.05) is 13.8 Å². The van der Waals surface area contributed by atoms with Crippen molar-refractivity contribution >= 4 is 17.7 Å². The minimum Gasteiger partial charge on any atom is -0.355 e. The second kappa shape index (κ2) is 9.04. The number of nitrogens with one attached hydrogen (secondary N) is 1. The second-order valence-corrected chi connectivity index (χ2v) is 5.26. The average Bonchev–Trinajstić information content (AvgIpc) is 2.16. The van der Waals surface area contributed by atoms with Crippen molar-refractivity contribution in [2.45, 2.75) is 26.7 Å². The monoisotopic (exact) mass is 232 g/mol. The van der Waals surface area contributed by atoms with Gasteiger partial charge in [0.2, 0.25) is 5.91 Å². The van der Waals surface area contributed by atoms with Crippen LogP contribution in [0.3, 0.4) is 0 Å². The first-order valence-electron chi connectivity index (χ1n) is 5.55. The van der Waals surface area contributed by atoms with Gasteiger partial charge in [0.15, 0.2) is 0 Å². The molecule has 0 aromatic heterocycles. The predicted octanol–water partition coefficient (Wildman–Crippen LogP) is 1.48.